The van der Waals surface area contributed by atoms with Crippen LogP contribution in [0.25, 0.3) is 11.3 Å². The molecule has 0 aliphatic heterocycles. The highest BCUT2D eigenvalue weighted by Gasteiger charge is 2.06. The van der Waals surface area contributed by atoms with Crippen LogP contribution in [0.15, 0.2) is 79.4 Å². The number of rotatable bonds is 7. The van der Waals surface area contributed by atoms with E-state index < -0.39 is 0 Å². The van der Waals surface area contributed by atoms with Gasteiger partial charge in [-0.05, 0) is 66.9 Å². The van der Waals surface area contributed by atoms with Crippen molar-refractivity contribution in [3.05, 3.63) is 90.6 Å². The monoisotopic (exact) mass is 346 g/mol. The van der Waals surface area contributed by atoms with Gasteiger partial charge in [-0.15, -0.1) is 0 Å². The van der Waals surface area contributed by atoms with Crippen LogP contribution in [0.5, 0.6) is 5.75 Å². The van der Waals surface area contributed by atoms with Crippen LogP contribution < -0.4 is 15.8 Å². The normalized spacial score (nSPS) is 10.8. The van der Waals surface area contributed by atoms with Crippen molar-refractivity contribution in [2.45, 2.75) is 13.8 Å². The molecule has 0 saturated carbocycles. The Bertz CT molecular complexity index is 854. The van der Waals surface area contributed by atoms with Crippen molar-refractivity contribution in [2.24, 2.45) is 0 Å². The molecule has 0 unspecified atom stereocenters. The second-order valence-corrected chi connectivity index (χ2v) is 6.20. The van der Waals surface area contributed by atoms with E-state index in [-0.39, 0.29) is 0 Å². The van der Waals surface area contributed by atoms with Crippen LogP contribution >= 0.6 is 0 Å². The van der Waals surface area contributed by atoms with Crippen molar-refractivity contribution in [3.63, 3.8) is 0 Å². The first-order valence-corrected chi connectivity index (χ1v) is 8.42. The van der Waals surface area contributed by atoms with Gasteiger partial charge >= 0.3 is 0 Å². The summed E-state index contributed by atoms with van der Waals surface area (Å²) < 4.78 is 5.19. The summed E-state index contributed by atoms with van der Waals surface area (Å²) in [5, 5.41) is 3.31. The summed E-state index contributed by atoms with van der Waals surface area (Å²) in [4.78, 5) is 0. The number of ether oxygens (including phenoxy) is 1. The van der Waals surface area contributed by atoms with Crippen LogP contribution in [0.4, 0.5) is 11.4 Å². The molecular weight excluding hydrogens is 320 g/mol. The molecule has 3 heteroatoms. The third kappa shape index (κ3) is 4.90. The Morgan fingerprint density at radius 3 is 2.27 bits per heavy atom. The van der Waals surface area contributed by atoms with Gasteiger partial charge in [0.15, 0.2) is 0 Å². The van der Waals surface area contributed by atoms with Crippen LogP contribution in [0, 0.1) is 0 Å². The van der Waals surface area contributed by atoms with Crippen LogP contribution in [0.1, 0.15) is 25.0 Å². The topological polar surface area (TPSA) is 47.3 Å². The first-order valence-electron chi connectivity index (χ1n) is 8.42. The largest absolute Gasteiger partial charge is 0.497 e. The van der Waals surface area contributed by atoms with E-state index in [0.29, 0.717) is 5.69 Å². The molecule has 2 rings (SSSR count). The molecule has 0 radical (unpaired) electrons. The Hall–Kier alpha value is -3.20. The van der Waals surface area contributed by atoms with Crippen molar-refractivity contribution in [1.29, 1.82) is 0 Å². The van der Waals surface area contributed by atoms with E-state index in [1.54, 1.807) is 7.11 Å². The number of nitrogens with one attached hydrogen (secondary N) is 1. The Kier molecular flexibility index (Phi) is 6.45. The van der Waals surface area contributed by atoms with Gasteiger partial charge in [-0.2, -0.15) is 0 Å². The van der Waals surface area contributed by atoms with Gasteiger partial charge in [0, 0.05) is 5.70 Å². The molecule has 0 atom stereocenters. The van der Waals surface area contributed by atoms with E-state index in [1.807, 2.05) is 48.5 Å². The number of anilines is 2. The highest BCUT2D eigenvalue weighted by Crippen LogP contribution is 2.28. The van der Waals surface area contributed by atoms with Crippen molar-refractivity contribution < 1.29 is 4.74 Å². The fraction of sp³-hybridized carbons (Fsp3) is 0.130. The maximum Gasteiger partial charge on any atom is 0.118 e. The predicted octanol–water partition coefficient (Wildman–Crippen LogP) is 5.90. The van der Waals surface area contributed by atoms with E-state index in [0.717, 1.165) is 33.8 Å². The summed E-state index contributed by atoms with van der Waals surface area (Å²) in [6, 6.07) is 13.6. The molecule has 0 bridgehead atoms. The number of nitrogen functional groups attached to an aromatic ring is 1. The molecule has 2 aromatic rings. The Balaban J connectivity index is 2.28. The summed E-state index contributed by atoms with van der Waals surface area (Å²) in [5.41, 5.74) is 12.7. The zero-order valence-corrected chi connectivity index (χ0v) is 15.7. The summed E-state index contributed by atoms with van der Waals surface area (Å²) in [6.07, 6.45) is 5.96. The van der Waals surface area contributed by atoms with Crippen molar-refractivity contribution in [3.8, 4) is 5.75 Å². The molecule has 134 valence electrons. The van der Waals surface area contributed by atoms with Crippen molar-refractivity contribution in [1.82, 2.24) is 0 Å². The second-order valence-electron chi connectivity index (χ2n) is 6.20. The zero-order valence-electron chi connectivity index (χ0n) is 15.7. The standard InChI is InChI=1S/C23H26N2O/c1-6-18(8-7-16(2)3)20-11-14-22(24)23(15-20)25-17(4)19-9-12-21(26-5)13-10-19/h6-15,25H,1,4,24H2,2-3,5H3/b18-8+. The fourth-order valence-electron chi connectivity index (χ4n) is 2.41. The molecule has 3 N–H and O–H groups in total. The van der Waals surface area contributed by atoms with E-state index >= 15 is 0 Å². The Morgan fingerprint density at radius 1 is 1.04 bits per heavy atom. The molecule has 0 aliphatic rings. The predicted molar refractivity (Wildman–Crippen MR) is 114 cm³/mol. The van der Waals surface area contributed by atoms with Gasteiger partial charge in [0.05, 0.1) is 18.5 Å². The van der Waals surface area contributed by atoms with Gasteiger partial charge in [-0.25, -0.2) is 0 Å². The molecule has 0 aliphatic carbocycles. The lowest BCUT2D eigenvalue weighted by atomic mass is 10.0. The maximum atomic E-state index is 6.14. The highest BCUT2D eigenvalue weighted by molar-refractivity contribution is 5.85. The third-order valence-corrected chi connectivity index (χ3v) is 3.93. The summed E-state index contributed by atoms with van der Waals surface area (Å²) in [6.45, 7) is 12.2. The van der Waals surface area contributed by atoms with E-state index in [4.69, 9.17) is 10.5 Å². The zero-order chi connectivity index (χ0) is 19.1. The van der Waals surface area contributed by atoms with Crippen LogP contribution in [0.3, 0.4) is 0 Å². The summed E-state index contributed by atoms with van der Waals surface area (Å²) in [7, 11) is 1.65. The molecule has 0 heterocycles. The average Bonchev–Trinajstić information content (AvgIpc) is 2.64. The molecule has 26 heavy (non-hydrogen) atoms. The second kappa shape index (κ2) is 8.77. The van der Waals surface area contributed by atoms with E-state index in [1.165, 1.54) is 5.57 Å². The molecule has 0 amide bonds. The van der Waals surface area contributed by atoms with Crippen LogP contribution in [-0.2, 0) is 0 Å². The van der Waals surface area contributed by atoms with E-state index in [9.17, 15) is 0 Å². The fourth-order valence-corrected chi connectivity index (χ4v) is 2.41. The summed E-state index contributed by atoms with van der Waals surface area (Å²) >= 11 is 0. The quantitative estimate of drug-likeness (QED) is 0.485. The lowest BCUT2D eigenvalue weighted by Crippen LogP contribution is -2.01. The van der Waals surface area contributed by atoms with Gasteiger partial charge in [-0.3, -0.25) is 0 Å². The van der Waals surface area contributed by atoms with Crippen molar-refractivity contribution in [2.75, 3.05) is 18.2 Å². The van der Waals surface area contributed by atoms with Gasteiger partial charge in [0.2, 0.25) is 0 Å². The molecule has 0 aromatic heterocycles. The molecule has 2 aromatic carbocycles. The molecule has 0 fully saturated rings. The minimum Gasteiger partial charge on any atom is -0.497 e. The van der Waals surface area contributed by atoms with Crippen LogP contribution in [0.2, 0.25) is 0 Å². The molecule has 3 nitrogen and oxygen atoms in total. The first kappa shape index (κ1) is 19.1. The van der Waals surface area contributed by atoms with Gasteiger partial charge in [-0.1, -0.05) is 43.0 Å². The molecule has 0 spiro atoms. The van der Waals surface area contributed by atoms with Gasteiger partial charge in [0.1, 0.15) is 5.75 Å². The molecule has 0 saturated heterocycles. The number of nitrogens with two attached hydrogens (primary N) is 1. The average molecular weight is 346 g/mol. The Labute approximate surface area is 156 Å². The number of benzene rings is 2. The minimum absolute atomic E-state index is 0.661. The molecular formula is C23H26N2O. The Morgan fingerprint density at radius 2 is 1.69 bits per heavy atom. The smallest absolute Gasteiger partial charge is 0.118 e. The minimum atomic E-state index is 0.661. The van der Waals surface area contributed by atoms with Gasteiger partial charge in [0.25, 0.3) is 0 Å². The summed E-state index contributed by atoms with van der Waals surface area (Å²) in [5.74, 6) is 0.808. The van der Waals surface area contributed by atoms with Crippen molar-refractivity contribution >= 4 is 22.6 Å². The number of allylic oxidation sites excluding steroid dienone is 5. The number of hydrogen-bond acceptors (Lipinski definition) is 3. The lowest BCUT2D eigenvalue weighted by Gasteiger charge is -2.14. The third-order valence-electron chi connectivity index (χ3n) is 3.93. The number of methoxy groups -OCH3 is 1. The SMILES string of the molecule is C=C/C(=C\C=C(C)C)c1ccc(N)c(NC(=C)c2ccc(OC)cc2)c1. The first-order chi connectivity index (χ1) is 12.4. The van der Waals surface area contributed by atoms with Gasteiger partial charge < -0.3 is 15.8 Å². The van der Waals surface area contributed by atoms with Crippen LogP contribution in [-0.4, -0.2) is 7.11 Å². The number of hydrogen-bond donors (Lipinski definition) is 2. The lowest BCUT2D eigenvalue weighted by molar-refractivity contribution is 0.415. The highest BCUT2D eigenvalue weighted by atomic mass is 16.5. The maximum absolute atomic E-state index is 6.14. The van der Waals surface area contributed by atoms with E-state index in [2.05, 4.69) is 44.5 Å².